The van der Waals surface area contributed by atoms with Gasteiger partial charge in [-0.15, -0.1) is 0 Å². The molecular weight excluding hydrogens is 525 g/mol. The van der Waals surface area contributed by atoms with E-state index in [2.05, 4.69) is 51.1 Å². The van der Waals surface area contributed by atoms with Crippen molar-refractivity contribution in [2.24, 2.45) is 0 Å². The molecule has 0 bridgehead atoms. The fraction of sp³-hybridized carbons (Fsp3) is 0.367. The van der Waals surface area contributed by atoms with E-state index in [9.17, 15) is 9.18 Å². The highest BCUT2D eigenvalue weighted by atomic mass is 19.1. The Bertz CT molecular complexity index is 1390. The van der Waals surface area contributed by atoms with Gasteiger partial charge >= 0.3 is 0 Å². The highest BCUT2D eigenvalue weighted by molar-refractivity contribution is 6.02. The smallest absolute Gasteiger partial charge is 0.247 e. The molecule has 5 rings (SSSR count). The van der Waals surface area contributed by atoms with Gasteiger partial charge in [-0.3, -0.25) is 9.63 Å². The minimum atomic E-state index is -0.301. The van der Waals surface area contributed by atoms with Crippen LogP contribution in [0.25, 0.3) is 0 Å². The Morgan fingerprint density at radius 3 is 2.66 bits per heavy atom. The van der Waals surface area contributed by atoms with Crippen molar-refractivity contribution in [1.82, 2.24) is 14.9 Å². The third kappa shape index (κ3) is 6.41. The molecule has 0 radical (unpaired) electrons. The molecule has 1 unspecified atom stereocenters. The predicted molar refractivity (Wildman–Crippen MR) is 158 cm³/mol. The maximum atomic E-state index is 13.9. The third-order valence-electron chi connectivity index (χ3n) is 7.58. The van der Waals surface area contributed by atoms with Crippen molar-refractivity contribution in [2.75, 3.05) is 61.5 Å². The summed E-state index contributed by atoms with van der Waals surface area (Å²) in [6.45, 7) is 5.80. The van der Waals surface area contributed by atoms with Crippen molar-refractivity contribution in [3.05, 3.63) is 72.8 Å². The van der Waals surface area contributed by atoms with E-state index in [1.54, 1.807) is 24.3 Å². The molecule has 1 atom stereocenters. The zero-order chi connectivity index (χ0) is 28.9. The van der Waals surface area contributed by atoms with Gasteiger partial charge in [0.2, 0.25) is 5.91 Å². The number of hydrogen-bond acceptors (Lipinski definition) is 9. The number of methoxy groups -OCH3 is 1. The largest absolute Gasteiger partial charge is 0.494 e. The Balaban J connectivity index is 1.42. The second kappa shape index (κ2) is 12.5. The predicted octanol–water partition coefficient (Wildman–Crippen LogP) is 4.91. The fourth-order valence-corrected chi connectivity index (χ4v) is 5.39. The molecule has 3 heterocycles. The number of anilines is 5. The monoisotopic (exact) mass is 561 g/mol. The molecule has 0 spiro atoms. The molecule has 2 aliphatic rings. The molecule has 1 amide bonds. The Kier molecular flexibility index (Phi) is 8.65. The van der Waals surface area contributed by atoms with Gasteiger partial charge in [-0.05, 0) is 56.8 Å². The van der Waals surface area contributed by atoms with E-state index in [4.69, 9.17) is 9.57 Å². The number of carbonyl (C=O) groups excluding carboxylic acids is 1. The normalized spacial score (nSPS) is 17.5. The van der Waals surface area contributed by atoms with Crippen molar-refractivity contribution in [2.45, 2.75) is 31.3 Å². The number of nitrogens with zero attached hydrogens (tertiary/aromatic N) is 5. The Labute approximate surface area is 239 Å². The first-order chi connectivity index (χ1) is 19.9. The first-order valence-electron chi connectivity index (χ1n) is 13.7. The molecule has 216 valence electrons. The van der Waals surface area contributed by atoms with Gasteiger partial charge in [-0.1, -0.05) is 18.7 Å². The van der Waals surface area contributed by atoms with Crippen LogP contribution in [0.4, 0.5) is 33.1 Å². The second-order valence-electron chi connectivity index (χ2n) is 10.3. The lowest BCUT2D eigenvalue weighted by atomic mass is 10.0. The van der Waals surface area contributed by atoms with E-state index in [-0.39, 0.29) is 17.8 Å². The van der Waals surface area contributed by atoms with Gasteiger partial charge in [0.15, 0.2) is 5.82 Å². The van der Waals surface area contributed by atoms with Crippen LogP contribution < -0.4 is 25.3 Å². The van der Waals surface area contributed by atoms with Crippen LogP contribution in [0.15, 0.2) is 61.4 Å². The van der Waals surface area contributed by atoms with Gasteiger partial charge in [-0.25, -0.2) is 19.4 Å². The third-order valence-corrected chi connectivity index (χ3v) is 7.58. The van der Waals surface area contributed by atoms with Crippen LogP contribution in [0.3, 0.4) is 0 Å². The van der Waals surface area contributed by atoms with E-state index in [1.807, 2.05) is 18.2 Å². The first kappa shape index (κ1) is 28.3. The summed E-state index contributed by atoms with van der Waals surface area (Å²) in [6, 6.07) is 12.4. The summed E-state index contributed by atoms with van der Waals surface area (Å²) in [5.41, 5.74) is 2.95. The van der Waals surface area contributed by atoms with Crippen molar-refractivity contribution in [3.8, 4) is 5.75 Å². The molecule has 2 N–H and O–H groups in total. The van der Waals surface area contributed by atoms with E-state index in [0.717, 1.165) is 37.2 Å². The average Bonchev–Trinajstić information content (AvgIpc) is 3.48. The lowest BCUT2D eigenvalue weighted by Gasteiger charge is -2.37. The van der Waals surface area contributed by atoms with Crippen molar-refractivity contribution in [1.29, 1.82) is 0 Å². The van der Waals surface area contributed by atoms with Gasteiger partial charge in [0.25, 0.3) is 0 Å². The summed E-state index contributed by atoms with van der Waals surface area (Å²) in [4.78, 5) is 31.6. The molecule has 1 aromatic heterocycles. The summed E-state index contributed by atoms with van der Waals surface area (Å²) in [7, 11) is 5.82. The zero-order valence-corrected chi connectivity index (χ0v) is 23.6. The van der Waals surface area contributed by atoms with Gasteiger partial charge in [0.05, 0.1) is 36.8 Å². The standard InChI is InChI=1S/C30H36FN7O3/c1-5-30(39)35-23-16-24(27(40-4)17-26(23)37-12-9-22(10-13-37)36(2)3)34-28-18-29(33-19-32-28)38-25(11-14-41-38)20-7-6-8-21(31)15-20/h5-8,15-19,22,25H,1,9-14H2,2-4H3,(H,35,39)(H,32,33,34). The van der Waals surface area contributed by atoms with Crippen LogP contribution in [0, 0.1) is 5.82 Å². The summed E-state index contributed by atoms with van der Waals surface area (Å²) in [5.74, 6) is 1.04. The highest BCUT2D eigenvalue weighted by Gasteiger charge is 2.30. The number of hydrogen-bond donors (Lipinski definition) is 2. The lowest BCUT2D eigenvalue weighted by molar-refractivity contribution is -0.111. The molecule has 41 heavy (non-hydrogen) atoms. The van der Waals surface area contributed by atoms with Gasteiger partial charge in [-0.2, -0.15) is 0 Å². The highest BCUT2D eigenvalue weighted by Crippen LogP contribution is 2.40. The molecule has 10 nitrogen and oxygen atoms in total. The van der Waals surface area contributed by atoms with Crippen LogP contribution >= 0.6 is 0 Å². The summed E-state index contributed by atoms with van der Waals surface area (Å²) in [5, 5.41) is 7.96. The summed E-state index contributed by atoms with van der Waals surface area (Å²) < 4.78 is 19.7. The molecule has 11 heteroatoms. The van der Waals surface area contributed by atoms with E-state index in [0.29, 0.717) is 47.8 Å². The fourth-order valence-electron chi connectivity index (χ4n) is 5.39. The van der Waals surface area contributed by atoms with Gasteiger partial charge in [0, 0.05) is 37.7 Å². The number of nitrogens with one attached hydrogen (secondary N) is 2. The molecule has 2 saturated heterocycles. The van der Waals surface area contributed by atoms with E-state index in [1.165, 1.54) is 24.5 Å². The zero-order valence-electron chi connectivity index (χ0n) is 23.6. The SMILES string of the molecule is C=CC(=O)Nc1cc(Nc2cc(N3OCCC3c3cccc(F)c3)ncn2)c(OC)cc1N1CCC(N(C)C)CC1. The molecule has 0 aliphatic carbocycles. The molecular formula is C30H36FN7O3. The number of carbonyl (C=O) groups is 1. The number of rotatable bonds is 9. The van der Waals surface area contributed by atoms with Crippen molar-refractivity contribution >= 4 is 34.6 Å². The van der Waals surface area contributed by atoms with E-state index < -0.39 is 0 Å². The number of aromatic nitrogens is 2. The minimum Gasteiger partial charge on any atom is -0.494 e. The maximum absolute atomic E-state index is 13.9. The number of halogens is 1. The Hall–Kier alpha value is -4.22. The second-order valence-corrected chi connectivity index (χ2v) is 10.3. The quantitative estimate of drug-likeness (QED) is 0.354. The molecule has 2 fully saturated rings. The van der Waals surface area contributed by atoms with Gasteiger partial charge < -0.3 is 25.2 Å². The number of ether oxygens (including phenoxy) is 1. The average molecular weight is 562 g/mol. The Morgan fingerprint density at radius 1 is 1.15 bits per heavy atom. The van der Waals surface area contributed by atoms with Gasteiger partial charge in [0.1, 0.15) is 23.7 Å². The van der Waals surface area contributed by atoms with E-state index >= 15 is 0 Å². The number of amides is 1. The lowest BCUT2D eigenvalue weighted by Crippen LogP contribution is -2.42. The Morgan fingerprint density at radius 2 is 1.95 bits per heavy atom. The van der Waals surface area contributed by atoms with Crippen LogP contribution in [-0.2, 0) is 9.63 Å². The molecule has 2 aliphatic heterocycles. The number of piperidine rings is 1. The van der Waals surface area contributed by atoms with Crippen LogP contribution in [0.5, 0.6) is 5.75 Å². The molecule has 0 saturated carbocycles. The van der Waals surface area contributed by atoms with Crippen molar-refractivity contribution < 1.29 is 18.8 Å². The topological polar surface area (TPSA) is 95.1 Å². The molecule has 3 aromatic rings. The number of hydroxylamine groups is 1. The number of benzene rings is 2. The maximum Gasteiger partial charge on any atom is 0.247 e. The van der Waals surface area contributed by atoms with Crippen molar-refractivity contribution in [3.63, 3.8) is 0 Å². The minimum absolute atomic E-state index is 0.181. The first-order valence-corrected chi connectivity index (χ1v) is 13.7. The van der Waals surface area contributed by atoms with Crippen LogP contribution in [0.1, 0.15) is 30.9 Å². The summed E-state index contributed by atoms with van der Waals surface area (Å²) in [6.07, 6.45) is 5.43. The molecule has 2 aromatic carbocycles. The van der Waals surface area contributed by atoms with Crippen LogP contribution in [0.2, 0.25) is 0 Å². The van der Waals surface area contributed by atoms with Crippen LogP contribution in [-0.4, -0.2) is 67.7 Å². The summed E-state index contributed by atoms with van der Waals surface area (Å²) >= 11 is 0.